The van der Waals surface area contributed by atoms with Crippen LogP contribution >= 0.6 is 0 Å². The average Bonchev–Trinajstić information content (AvgIpc) is 3.38. The summed E-state index contributed by atoms with van der Waals surface area (Å²) >= 11 is 0. The zero-order valence-electron chi connectivity index (χ0n) is 15.3. The van der Waals surface area contributed by atoms with Crippen LogP contribution in [0.25, 0.3) is 0 Å². The minimum atomic E-state index is -3.58. The molecule has 2 aromatic rings. The third kappa shape index (κ3) is 2.60. The molecule has 7 heteroatoms. The molecule has 2 heterocycles. The van der Waals surface area contributed by atoms with Crippen LogP contribution < -0.4 is 0 Å². The van der Waals surface area contributed by atoms with Crippen molar-refractivity contribution in [3.63, 3.8) is 0 Å². The van der Waals surface area contributed by atoms with E-state index in [9.17, 15) is 17.6 Å². The largest absolute Gasteiger partial charge is 0.336 e. The number of likely N-dealkylation sites (tertiary alicyclic amines) is 1. The first-order valence-corrected chi connectivity index (χ1v) is 11.0. The topological polar surface area (TPSA) is 57.7 Å². The van der Waals surface area contributed by atoms with Gasteiger partial charge >= 0.3 is 0 Å². The Balaban J connectivity index is 1.53. The van der Waals surface area contributed by atoms with E-state index < -0.39 is 21.4 Å². The van der Waals surface area contributed by atoms with Gasteiger partial charge in [0.05, 0.1) is 10.4 Å². The van der Waals surface area contributed by atoms with Crippen LogP contribution in [0, 0.1) is 11.7 Å². The van der Waals surface area contributed by atoms with Crippen molar-refractivity contribution in [3.8, 4) is 0 Å². The smallest absolute Gasteiger partial charge is 0.254 e. The monoisotopic (exact) mass is 400 g/mol. The lowest BCUT2D eigenvalue weighted by Gasteiger charge is -2.34. The number of hydrogen-bond acceptors (Lipinski definition) is 3. The maximum Gasteiger partial charge on any atom is 0.254 e. The number of halogens is 1. The minimum absolute atomic E-state index is 0.260. The van der Waals surface area contributed by atoms with Gasteiger partial charge in [0.15, 0.2) is 0 Å². The number of amides is 1. The van der Waals surface area contributed by atoms with E-state index in [2.05, 4.69) is 0 Å². The molecule has 0 radical (unpaired) electrons. The molecule has 1 amide bonds. The van der Waals surface area contributed by atoms with E-state index in [0.29, 0.717) is 42.4 Å². The highest BCUT2D eigenvalue weighted by atomic mass is 32.2. The van der Waals surface area contributed by atoms with Gasteiger partial charge in [0.2, 0.25) is 10.0 Å². The van der Waals surface area contributed by atoms with E-state index in [1.54, 1.807) is 27.4 Å². The molecular weight excluding hydrogens is 379 g/mol. The maximum atomic E-state index is 13.6. The third-order valence-electron chi connectivity index (χ3n) is 6.16. The zero-order valence-corrected chi connectivity index (χ0v) is 16.2. The molecule has 1 saturated carbocycles. The molecule has 0 N–H and O–H groups in total. The summed E-state index contributed by atoms with van der Waals surface area (Å²) < 4.78 is 41.7. The SMILES string of the molecule is O=C(c1cccc(F)c1)N1CCC2(C1)c1ccccc1S(=O)(=O)N2CC1CC1. The van der Waals surface area contributed by atoms with Crippen molar-refractivity contribution in [1.29, 1.82) is 0 Å². The number of benzene rings is 2. The summed E-state index contributed by atoms with van der Waals surface area (Å²) in [4.78, 5) is 15.0. The number of hydrogen-bond donors (Lipinski definition) is 0. The van der Waals surface area contributed by atoms with Gasteiger partial charge in [-0.3, -0.25) is 4.79 Å². The van der Waals surface area contributed by atoms with Crippen LogP contribution in [0.2, 0.25) is 0 Å². The lowest BCUT2D eigenvalue weighted by Crippen LogP contribution is -2.47. The van der Waals surface area contributed by atoms with E-state index in [4.69, 9.17) is 0 Å². The van der Waals surface area contributed by atoms with Crippen molar-refractivity contribution >= 4 is 15.9 Å². The molecule has 5 nitrogen and oxygen atoms in total. The lowest BCUT2D eigenvalue weighted by molar-refractivity contribution is 0.0762. The zero-order chi connectivity index (χ0) is 19.5. The second kappa shape index (κ2) is 6.12. The van der Waals surface area contributed by atoms with Gasteiger partial charge < -0.3 is 4.90 Å². The quantitative estimate of drug-likeness (QED) is 0.796. The predicted molar refractivity (Wildman–Crippen MR) is 102 cm³/mol. The molecule has 3 aliphatic rings. The molecule has 0 aromatic heterocycles. The summed E-state index contributed by atoms with van der Waals surface area (Å²) in [6.45, 7) is 1.24. The van der Waals surface area contributed by atoms with Crippen molar-refractivity contribution < 1.29 is 17.6 Å². The maximum absolute atomic E-state index is 13.6. The first kappa shape index (κ1) is 17.8. The molecule has 2 aliphatic heterocycles. The summed E-state index contributed by atoms with van der Waals surface area (Å²) in [5.74, 6) is -0.317. The molecule has 2 fully saturated rings. The fourth-order valence-electron chi connectivity index (χ4n) is 4.56. The van der Waals surface area contributed by atoms with Crippen LogP contribution in [0.4, 0.5) is 4.39 Å². The molecule has 2 aromatic carbocycles. The third-order valence-corrected chi connectivity index (χ3v) is 8.15. The summed E-state index contributed by atoms with van der Waals surface area (Å²) in [6.07, 6.45) is 2.64. The number of nitrogens with zero attached hydrogens (tertiary/aromatic N) is 2. The van der Waals surface area contributed by atoms with Gasteiger partial charge in [-0.1, -0.05) is 24.3 Å². The fraction of sp³-hybridized carbons (Fsp3) is 0.381. The number of carbonyl (C=O) groups excluding carboxylic acids is 1. The summed E-state index contributed by atoms with van der Waals surface area (Å²) in [6, 6.07) is 12.8. The Morgan fingerprint density at radius 2 is 1.93 bits per heavy atom. The number of rotatable bonds is 3. The molecule has 0 bridgehead atoms. The summed E-state index contributed by atoms with van der Waals surface area (Å²) in [5.41, 5.74) is 0.353. The Labute approximate surface area is 163 Å². The second-order valence-corrected chi connectivity index (χ2v) is 9.83. The number of carbonyl (C=O) groups is 1. The molecule has 28 heavy (non-hydrogen) atoms. The average molecular weight is 400 g/mol. The van der Waals surface area contributed by atoms with Crippen LogP contribution in [-0.2, 0) is 15.6 Å². The molecule has 146 valence electrons. The van der Waals surface area contributed by atoms with Crippen LogP contribution in [0.3, 0.4) is 0 Å². The normalized spacial score (nSPS) is 26.0. The Bertz CT molecular complexity index is 1070. The van der Waals surface area contributed by atoms with Crippen molar-refractivity contribution in [2.45, 2.75) is 29.7 Å². The molecule has 1 unspecified atom stereocenters. The summed E-state index contributed by atoms with van der Waals surface area (Å²) in [5, 5.41) is 0. The van der Waals surface area contributed by atoms with E-state index in [-0.39, 0.29) is 5.91 Å². The highest BCUT2D eigenvalue weighted by molar-refractivity contribution is 7.89. The van der Waals surface area contributed by atoms with Crippen molar-refractivity contribution in [3.05, 3.63) is 65.5 Å². The molecule has 1 saturated heterocycles. The fourth-order valence-corrected chi connectivity index (χ4v) is 6.70. The lowest BCUT2D eigenvalue weighted by atomic mass is 9.88. The predicted octanol–water partition coefficient (Wildman–Crippen LogP) is 2.98. The minimum Gasteiger partial charge on any atom is -0.336 e. The van der Waals surface area contributed by atoms with Crippen LogP contribution in [0.1, 0.15) is 35.2 Å². The highest BCUT2D eigenvalue weighted by Crippen LogP contribution is 2.51. The molecule has 1 aliphatic carbocycles. The van der Waals surface area contributed by atoms with Crippen molar-refractivity contribution in [1.82, 2.24) is 9.21 Å². The van der Waals surface area contributed by atoms with Crippen molar-refractivity contribution in [2.75, 3.05) is 19.6 Å². The van der Waals surface area contributed by atoms with Crippen LogP contribution in [-0.4, -0.2) is 43.2 Å². The first-order chi connectivity index (χ1) is 13.4. The van der Waals surface area contributed by atoms with E-state index in [0.717, 1.165) is 18.4 Å². The van der Waals surface area contributed by atoms with E-state index in [1.165, 1.54) is 18.2 Å². The Kier molecular flexibility index (Phi) is 3.90. The van der Waals surface area contributed by atoms with E-state index >= 15 is 0 Å². The van der Waals surface area contributed by atoms with Gasteiger partial charge in [-0.2, -0.15) is 4.31 Å². The van der Waals surface area contributed by atoms with Crippen molar-refractivity contribution in [2.24, 2.45) is 5.92 Å². The number of sulfonamides is 1. The van der Waals surface area contributed by atoms with Gasteiger partial charge in [0, 0.05) is 25.2 Å². The van der Waals surface area contributed by atoms with Gasteiger partial charge in [-0.15, -0.1) is 0 Å². The van der Waals surface area contributed by atoms with Gasteiger partial charge in [-0.05, 0) is 55.0 Å². The highest BCUT2D eigenvalue weighted by Gasteiger charge is 2.58. The van der Waals surface area contributed by atoms with E-state index in [1.807, 2.05) is 12.1 Å². The first-order valence-electron chi connectivity index (χ1n) is 9.59. The Morgan fingerprint density at radius 3 is 2.68 bits per heavy atom. The molecule has 5 rings (SSSR count). The number of fused-ring (bicyclic) bond motifs is 2. The second-order valence-electron chi connectivity index (χ2n) is 7.99. The van der Waals surface area contributed by atoms with Gasteiger partial charge in [0.25, 0.3) is 5.91 Å². The molecular formula is C21H21FN2O3S. The van der Waals surface area contributed by atoms with Crippen LogP contribution in [0.15, 0.2) is 53.4 Å². The molecule has 1 spiro atoms. The Hall–Kier alpha value is -2.25. The van der Waals surface area contributed by atoms with Gasteiger partial charge in [-0.25, -0.2) is 12.8 Å². The molecule has 1 atom stereocenters. The standard InChI is InChI=1S/C21H21FN2O3S/c22-17-5-3-4-16(12-17)20(25)23-11-10-21(14-23)18-6-1-2-7-19(18)28(26,27)24(21)13-15-8-9-15/h1-7,12,15H,8-11,13-14H2. The van der Waals surface area contributed by atoms with Crippen LogP contribution in [0.5, 0.6) is 0 Å². The Morgan fingerprint density at radius 1 is 1.14 bits per heavy atom. The van der Waals surface area contributed by atoms with Gasteiger partial charge in [0.1, 0.15) is 5.82 Å². The summed E-state index contributed by atoms with van der Waals surface area (Å²) in [7, 11) is -3.58.